The molecule has 118 valence electrons. The van der Waals surface area contributed by atoms with Crippen LogP contribution in [-0.2, 0) is 11.2 Å². The minimum absolute atomic E-state index is 0.0812. The van der Waals surface area contributed by atoms with Crippen LogP contribution in [0.4, 0.5) is 0 Å². The van der Waals surface area contributed by atoms with E-state index in [0.29, 0.717) is 12.3 Å². The first-order chi connectivity index (χ1) is 10.5. The van der Waals surface area contributed by atoms with Crippen molar-refractivity contribution < 1.29 is 4.79 Å². The van der Waals surface area contributed by atoms with Crippen LogP contribution in [0.3, 0.4) is 0 Å². The zero-order valence-electron chi connectivity index (χ0n) is 13.8. The first kappa shape index (κ1) is 16.7. The van der Waals surface area contributed by atoms with E-state index in [1.54, 1.807) is 11.3 Å². The van der Waals surface area contributed by atoms with Crippen LogP contribution in [-0.4, -0.2) is 17.4 Å². The van der Waals surface area contributed by atoms with E-state index in [-0.39, 0.29) is 5.91 Å². The number of aromatic nitrogens is 1. The molecule has 0 radical (unpaired) electrons. The fraction of sp³-hybridized carbons (Fsp3) is 0.444. The number of amides is 1. The van der Waals surface area contributed by atoms with Crippen molar-refractivity contribution in [1.82, 2.24) is 10.3 Å². The average molecular weight is 316 g/mol. The summed E-state index contributed by atoms with van der Waals surface area (Å²) in [4.78, 5) is 17.8. The summed E-state index contributed by atoms with van der Waals surface area (Å²) >= 11 is 1.61. The van der Waals surface area contributed by atoms with Gasteiger partial charge in [-0.1, -0.05) is 43.7 Å². The molecule has 1 aromatic carbocycles. The van der Waals surface area contributed by atoms with E-state index in [1.165, 1.54) is 5.56 Å². The van der Waals surface area contributed by atoms with Crippen molar-refractivity contribution in [3.8, 4) is 11.3 Å². The Morgan fingerprint density at radius 2 is 1.91 bits per heavy atom. The van der Waals surface area contributed by atoms with Gasteiger partial charge in [0.15, 0.2) is 0 Å². The highest BCUT2D eigenvalue weighted by atomic mass is 32.1. The van der Waals surface area contributed by atoms with Gasteiger partial charge in [0.1, 0.15) is 0 Å². The smallest absolute Gasteiger partial charge is 0.225 e. The zero-order valence-corrected chi connectivity index (χ0v) is 14.6. The minimum Gasteiger partial charge on any atom is -0.356 e. The Morgan fingerprint density at radius 1 is 1.23 bits per heavy atom. The Balaban J connectivity index is 2.08. The van der Waals surface area contributed by atoms with E-state index < -0.39 is 0 Å². The predicted octanol–water partition coefficient (Wildman–Crippen LogP) is 4.13. The standard InChI is InChI=1S/C18H24N2OS/c1-12(2)9-10-19-17(21)11-16-18(20-14(4)22-16)15-7-5-13(3)6-8-15/h5-8,12H,9-11H2,1-4H3,(H,19,21). The molecule has 0 spiro atoms. The summed E-state index contributed by atoms with van der Waals surface area (Å²) in [6, 6.07) is 8.31. The number of carbonyl (C=O) groups is 1. The van der Waals surface area contributed by atoms with E-state index in [9.17, 15) is 4.79 Å². The number of hydrogen-bond donors (Lipinski definition) is 1. The molecule has 0 fully saturated rings. The second-order valence-corrected chi connectivity index (χ2v) is 7.37. The van der Waals surface area contributed by atoms with Crippen molar-refractivity contribution in [3.05, 3.63) is 39.7 Å². The molecule has 1 heterocycles. The second-order valence-electron chi connectivity index (χ2n) is 6.08. The van der Waals surface area contributed by atoms with Crippen molar-refractivity contribution >= 4 is 17.2 Å². The maximum atomic E-state index is 12.1. The van der Waals surface area contributed by atoms with Gasteiger partial charge in [0.25, 0.3) is 0 Å². The fourth-order valence-corrected chi connectivity index (χ4v) is 3.19. The van der Waals surface area contributed by atoms with Gasteiger partial charge in [-0.2, -0.15) is 0 Å². The summed E-state index contributed by atoms with van der Waals surface area (Å²) in [6.45, 7) is 9.12. The SMILES string of the molecule is Cc1ccc(-c2nc(C)sc2CC(=O)NCCC(C)C)cc1. The molecule has 0 bridgehead atoms. The van der Waals surface area contributed by atoms with Gasteiger partial charge in [-0.15, -0.1) is 11.3 Å². The van der Waals surface area contributed by atoms with Gasteiger partial charge < -0.3 is 5.32 Å². The molecule has 0 saturated carbocycles. The Labute approximate surface area is 136 Å². The first-order valence-electron chi connectivity index (χ1n) is 7.75. The molecule has 1 N–H and O–H groups in total. The first-order valence-corrected chi connectivity index (χ1v) is 8.57. The van der Waals surface area contributed by atoms with Gasteiger partial charge in [-0.05, 0) is 26.2 Å². The normalized spacial score (nSPS) is 11.0. The lowest BCUT2D eigenvalue weighted by Crippen LogP contribution is -2.26. The highest BCUT2D eigenvalue weighted by Gasteiger charge is 2.14. The Morgan fingerprint density at radius 3 is 2.55 bits per heavy atom. The van der Waals surface area contributed by atoms with E-state index in [2.05, 4.69) is 55.3 Å². The third kappa shape index (κ3) is 4.67. The molecular formula is C18H24N2OS. The summed E-state index contributed by atoms with van der Waals surface area (Å²) in [5.74, 6) is 0.687. The molecule has 0 atom stereocenters. The maximum absolute atomic E-state index is 12.1. The van der Waals surface area contributed by atoms with Crippen LogP contribution in [0.2, 0.25) is 0 Å². The number of benzene rings is 1. The predicted molar refractivity (Wildman–Crippen MR) is 93.2 cm³/mol. The molecule has 0 aliphatic heterocycles. The third-order valence-electron chi connectivity index (χ3n) is 3.49. The van der Waals surface area contributed by atoms with Crippen LogP contribution >= 0.6 is 11.3 Å². The second kappa shape index (κ2) is 7.54. The molecule has 3 nitrogen and oxygen atoms in total. The van der Waals surface area contributed by atoms with Crippen LogP contribution in [0.5, 0.6) is 0 Å². The molecule has 2 aromatic rings. The molecule has 4 heteroatoms. The number of nitrogens with zero attached hydrogens (tertiary/aromatic N) is 1. The highest BCUT2D eigenvalue weighted by molar-refractivity contribution is 7.12. The van der Waals surface area contributed by atoms with Gasteiger partial charge in [-0.3, -0.25) is 4.79 Å². The van der Waals surface area contributed by atoms with Gasteiger partial charge in [-0.25, -0.2) is 4.98 Å². The van der Waals surface area contributed by atoms with Gasteiger partial charge in [0.05, 0.1) is 17.1 Å². The Kier molecular flexibility index (Phi) is 5.72. The molecule has 0 unspecified atom stereocenters. The van der Waals surface area contributed by atoms with Crippen LogP contribution < -0.4 is 5.32 Å². The quantitative estimate of drug-likeness (QED) is 0.870. The summed E-state index contributed by atoms with van der Waals surface area (Å²) < 4.78 is 0. The maximum Gasteiger partial charge on any atom is 0.225 e. The monoisotopic (exact) mass is 316 g/mol. The zero-order chi connectivity index (χ0) is 16.1. The van der Waals surface area contributed by atoms with Crippen molar-refractivity contribution in [2.24, 2.45) is 5.92 Å². The minimum atomic E-state index is 0.0812. The van der Waals surface area contributed by atoms with Crippen LogP contribution in [0.1, 0.15) is 35.7 Å². The van der Waals surface area contributed by atoms with Gasteiger partial charge in [0, 0.05) is 17.0 Å². The molecule has 22 heavy (non-hydrogen) atoms. The molecule has 0 saturated heterocycles. The summed E-state index contributed by atoms with van der Waals surface area (Å²) in [7, 11) is 0. The summed E-state index contributed by atoms with van der Waals surface area (Å²) in [5.41, 5.74) is 3.25. The fourth-order valence-electron chi connectivity index (χ4n) is 2.23. The van der Waals surface area contributed by atoms with Crippen LogP contribution in [0, 0.1) is 19.8 Å². The van der Waals surface area contributed by atoms with E-state index >= 15 is 0 Å². The number of aryl methyl sites for hydroxylation is 2. The van der Waals surface area contributed by atoms with Crippen molar-refractivity contribution in [2.45, 2.75) is 40.5 Å². The molecule has 0 aliphatic carbocycles. The number of nitrogens with one attached hydrogen (secondary N) is 1. The van der Waals surface area contributed by atoms with Crippen LogP contribution in [0.25, 0.3) is 11.3 Å². The molecule has 1 amide bonds. The summed E-state index contributed by atoms with van der Waals surface area (Å²) in [6.07, 6.45) is 1.42. The van der Waals surface area contributed by atoms with Crippen molar-refractivity contribution in [1.29, 1.82) is 0 Å². The lowest BCUT2D eigenvalue weighted by atomic mass is 10.1. The van der Waals surface area contributed by atoms with Crippen molar-refractivity contribution in [2.75, 3.05) is 6.54 Å². The number of hydrogen-bond acceptors (Lipinski definition) is 3. The van der Waals surface area contributed by atoms with Gasteiger partial charge in [0.2, 0.25) is 5.91 Å². The molecule has 1 aromatic heterocycles. The van der Waals surface area contributed by atoms with Crippen molar-refractivity contribution in [3.63, 3.8) is 0 Å². The largest absolute Gasteiger partial charge is 0.356 e. The van der Waals surface area contributed by atoms with Crippen LogP contribution in [0.15, 0.2) is 24.3 Å². The van der Waals surface area contributed by atoms with E-state index in [4.69, 9.17) is 0 Å². The Bertz CT molecular complexity index is 629. The topological polar surface area (TPSA) is 42.0 Å². The number of carbonyl (C=O) groups excluding carboxylic acids is 1. The van der Waals surface area contributed by atoms with Gasteiger partial charge >= 0.3 is 0 Å². The average Bonchev–Trinajstić information content (AvgIpc) is 2.80. The Hall–Kier alpha value is -1.68. The molecular weight excluding hydrogens is 292 g/mol. The summed E-state index contributed by atoms with van der Waals surface area (Å²) in [5, 5.41) is 4.00. The molecule has 2 rings (SSSR count). The highest BCUT2D eigenvalue weighted by Crippen LogP contribution is 2.28. The van der Waals surface area contributed by atoms with E-state index in [1.807, 2.05) is 6.92 Å². The van der Waals surface area contributed by atoms with E-state index in [0.717, 1.165) is 34.1 Å². The lowest BCUT2D eigenvalue weighted by Gasteiger charge is -2.07. The third-order valence-corrected chi connectivity index (χ3v) is 4.47. The number of thiazole rings is 1. The lowest BCUT2D eigenvalue weighted by molar-refractivity contribution is -0.120. The number of rotatable bonds is 6. The molecule has 0 aliphatic rings.